The highest BCUT2D eigenvalue weighted by Crippen LogP contribution is 2.32. The van der Waals surface area contributed by atoms with Crippen molar-refractivity contribution in [3.8, 4) is 5.88 Å². The van der Waals surface area contributed by atoms with Crippen LogP contribution < -0.4 is 10.1 Å². The Morgan fingerprint density at radius 1 is 1.23 bits per heavy atom. The van der Waals surface area contributed by atoms with Crippen LogP contribution in [0.1, 0.15) is 16.9 Å². The fourth-order valence-electron chi connectivity index (χ4n) is 3.22. The van der Waals surface area contributed by atoms with Crippen LogP contribution >= 0.6 is 0 Å². The summed E-state index contributed by atoms with van der Waals surface area (Å²) in [7, 11) is -3.75. The van der Waals surface area contributed by atoms with Crippen LogP contribution in [0.4, 0.5) is 5.88 Å². The van der Waals surface area contributed by atoms with Crippen LogP contribution in [-0.2, 0) is 34.3 Å². The third-order valence-corrected chi connectivity index (χ3v) is 6.60. The number of benzene rings is 1. The number of amides is 1. The molecule has 3 heterocycles. The summed E-state index contributed by atoms with van der Waals surface area (Å²) in [5.74, 6) is 0.738. The normalized spacial score (nSPS) is 13.5. The van der Waals surface area contributed by atoms with E-state index < -0.39 is 15.9 Å². The molecule has 1 aliphatic rings. The highest BCUT2D eigenvalue weighted by Gasteiger charge is 2.33. The number of fused-ring (bicyclic) bond motifs is 1. The summed E-state index contributed by atoms with van der Waals surface area (Å²) in [5.41, 5.74) is 1.86. The lowest BCUT2D eigenvalue weighted by Crippen LogP contribution is -2.26. The van der Waals surface area contributed by atoms with Crippen molar-refractivity contribution in [1.82, 2.24) is 9.29 Å². The molecule has 1 N–H and O–H groups in total. The van der Waals surface area contributed by atoms with Crippen molar-refractivity contribution in [3.05, 3.63) is 84.3 Å². The SMILES string of the molecule is C=CC(=O)Nc1cc2c(o1)CN(S(=O)(=O)c1ccc(OCCc3ccccc3)nc1)C2. The molecule has 0 fully saturated rings. The molecule has 2 aromatic heterocycles. The fourth-order valence-corrected chi connectivity index (χ4v) is 4.54. The Labute approximate surface area is 180 Å². The van der Waals surface area contributed by atoms with Gasteiger partial charge in [-0.3, -0.25) is 10.1 Å². The van der Waals surface area contributed by atoms with Gasteiger partial charge in [0.1, 0.15) is 10.7 Å². The van der Waals surface area contributed by atoms with Gasteiger partial charge in [0, 0.05) is 30.7 Å². The number of furan rings is 1. The molecule has 1 amide bonds. The quantitative estimate of drug-likeness (QED) is 0.541. The Morgan fingerprint density at radius 3 is 2.71 bits per heavy atom. The Balaban J connectivity index is 1.36. The fraction of sp³-hybridized carbons (Fsp3) is 0.182. The number of aromatic nitrogens is 1. The van der Waals surface area contributed by atoms with Crippen molar-refractivity contribution in [2.75, 3.05) is 11.9 Å². The molecule has 0 atom stereocenters. The number of rotatable bonds is 8. The van der Waals surface area contributed by atoms with E-state index in [-0.39, 0.29) is 23.9 Å². The smallest absolute Gasteiger partial charge is 0.250 e. The standard InChI is InChI=1S/C22H21N3O5S/c1-2-20(26)24-22-12-17-14-25(15-19(17)30-22)31(27,28)18-8-9-21(23-13-18)29-11-10-16-6-4-3-5-7-16/h2-9,12-13H,1,10-11,14-15H2,(H,24,26). The monoisotopic (exact) mass is 439 g/mol. The first kappa shape index (κ1) is 20.8. The molecule has 0 aliphatic carbocycles. The van der Waals surface area contributed by atoms with Gasteiger partial charge in [-0.05, 0) is 17.7 Å². The van der Waals surface area contributed by atoms with Crippen LogP contribution in [-0.4, -0.2) is 30.2 Å². The maximum atomic E-state index is 12.9. The summed E-state index contributed by atoms with van der Waals surface area (Å²) < 4.78 is 38.3. The van der Waals surface area contributed by atoms with Crippen LogP contribution in [0.3, 0.4) is 0 Å². The third-order valence-electron chi connectivity index (χ3n) is 4.83. The summed E-state index contributed by atoms with van der Waals surface area (Å²) in [6.07, 6.45) is 3.16. The van der Waals surface area contributed by atoms with Crippen LogP contribution in [0, 0.1) is 0 Å². The van der Waals surface area contributed by atoms with E-state index in [1.54, 1.807) is 12.1 Å². The van der Waals surface area contributed by atoms with Gasteiger partial charge in [-0.2, -0.15) is 4.31 Å². The highest BCUT2D eigenvalue weighted by molar-refractivity contribution is 7.89. The number of carbonyl (C=O) groups excluding carboxylic acids is 1. The molecule has 160 valence electrons. The summed E-state index contributed by atoms with van der Waals surface area (Å²) in [5, 5.41) is 2.52. The highest BCUT2D eigenvalue weighted by atomic mass is 32.2. The predicted octanol–water partition coefficient (Wildman–Crippen LogP) is 3.13. The van der Waals surface area contributed by atoms with E-state index in [1.165, 1.54) is 16.6 Å². The van der Waals surface area contributed by atoms with E-state index >= 15 is 0 Å². The van der Waals surface area contributed by atoms with Crippen molar-refractivity contribution in [1.29, 1.82) is 0 Å². The second-order valence-electron chi connectivity index (χ2n) is 6.94. The van der Waals surface area contributed by atoms with Crippen LogP contribution in [0.2, 0.25) is 0 Å². The van der Waals surface area contributed by atoms with Crippen LogP contribution in [0.25, 0.3) is 0 Å². The molecule has 9 heteroatoms. The summed E-state index contributed by atoms with van der Waals surface area (Å²) in [6, 6.07) is 14.6. The zero-order chi connectivity index (χ0) is 21.8. The Bertz CT molecular complexity index is 1160. The number of anilines is 1. The van der Waals surface area contributed by atoms with Gasteiger partial charge in [-0.1, -0.05) is 36.9 Å². The lowest BCUT2D eigenvalue weighted by molar-refractivity contribution is -0.112. The maximum absolute atomic E-state index is 12.9. The van der Waals surface area contributed by atoms with Crippen molar-refractivity contribution >= 4 is 21.8 Å². The largest absolute Gasteiger partial charge is 0.477 e. The molecule has 0 unspecified atom stereocenters. The lowest BCUT2D eigenvalue weighted by Gasteiger charge is -2.15. The number of pyridine rings is 1. The number of carbonyl (C=O) groups is 1. The molecule has 1 aromatic carbocycles. The lowest BCUT2D eigenvalue weighted by atomic mass is 10.2. The van der Waals surface area contributed by atoms with Gasteiger partial charge in [-0.25, -0.2) is 13.4 Å². The van der Waals surface area contributed by atoms with E-state index in [2.05, 4.69) is 16.9 Å². The topological polar surface area (TPSA) is 102 Å². The number of hydrogen-bond acceptors (Lipinski definition) is 6. The zero-order valence-corrected chi connectivity index (χ0v) is 17.5. The molecule has 4 rings (SSSR count). The van der Waals surface area contributed by atoms with Crippen LogP contribution in [0.15, 0.2) is 76.7 Å². The molecule has 0 saturated heterocycles. The third kappa shape index (κ3) is 4.68. The van der Waals surface area contributed by atoms with E-state index in [4.69, 9.17) is 9.15 Å². The van der Waals surface area contributed by atoms with Gasteiger partial charge < -0.3 is 9.15 Å². The molecule has 3 aromatic rings. The van der Waals surface area contributed by atoms with E-state index in [9.17, 15) is 13.2 Å². The first-order chi connectivity index (χ1) is 15.0. The molecule has 0 spiro atoms. The maximum Gasteiger partial charge on any atom is 0.250 e. The Kier molecular flexibility index (Phi) is 5.88. The molecule has 31 heavy (non-hydrogen) atoms. The molecule has 0 saturated carbocycles. The average Bonchev–Trinajstić information content (AvgIpc) is 3.34. The first-order valence-electron chi connectivity index (χ1n) is 9.63. The zero-order valence-electron chi connectivity index (χ0n) is 16.7. The van der Waals surface area contributed by atoms with Crippen molar-refractivity contribution < 1.29 is 22.4 Å². The minimum atomic E-state index is -3.75. The second kappa shape index (κ2) is 8.75. The number of sulfonamides is 1. The summed E-state index contributed by atoms with van der Waals surface area (Å²) >= 11 is 0. The van der Waals surface area contributed by atoms with Gasteiger partial charge in [-0.15, -0.1) is 0 Å². The van der Waals surface area contributed by atoms with Crippen molar-refractivity contribution in [2.24, 2.45) is 0 Å². The molecular formula is C22H21N3O5S. The van der Waals surface area contributed by atoms with E-state index in [0.717, 1.165) is 18.1 Å². The number of hydrogen-bond donors (Lipinski definition) is 1. The molecule has 1 aliphatic heterocycles. The van der Waals surface area contributed by atoms with Gasteiger partial charge in [0.05, 0.1) is 19.3 Å². The van der Waals surface area contributed by atoms with Crippen molar-refractivity contribution in [3.63, 3.8) is 0 Å². The van der Waals surface area contributed by atoms with Gasteiger partial charge in [0.25, 0.3) is 0 Å². The molecular weight excluding hydrogens is 418 g/mol. The average molecular weight is 439 g/mol. The van der Waals surface area contributed by atoms with Crippen LogP contribution in [0.5, 0.6) is 5.88 Å². The van der Waals surface area contributed by atoms with E-state index in [1.807, 2.05) is 30.3 Å². The number of nitrogens with one attached hydrogen (secondary N) is 1. The second-order valence-corrected chi connectivity index (χ2v) is 8.88. The first-order valence-corrected chi connectivity index (χ1v) is 11.1. The predicted molar refractivity (Wildman–Crippen MR) is 114 cm³/mol. The minimum Gasteiger partial charge on any atom is -0.477 e. The van der Waals surface area contributed by atoms with Gasteiger partial charge in [0.15, 0.2) is 5.88 Å². The summed E-state index contributed by atoms with van der Waals surface area (Å²) in [6.45, 7) is 4.06. The molecule has 0 radical (unpaired) electrons. The van der Waals surface area contributed by atoms with Gasteiger partial charge in [0.2, 0.25) is 21.8 Å². The van der Waals surface area contributed by atoms with E-state index in [0.29, 0.717) is 23.8 Å². The van der Waals surface area contributed by atoms with Gasteiger partial charge >= 0.3 is 0 Å². The summed E-state index contributed by atoms with van der Waals surface area (Å²) in [4.78, 5) is 15.6. The Hall–Kier alpha value is -3.43. The minimum absolute atomic E-state index is 0.0771. The van der Waals surface area contributed by atoms with Crippen molar-refractivity contribution in [2.45, 2.75) is 24.4 Å². The Morgan fingerprint density at radius 2 is 2.03 bits per heavy atom. The number of nitrogens with zero attached hydrogens (tertiary/aromatic N) is 2. The molecule has 8 nitrogen and oxygen atoms in total. The number of ether oxygens (including phenoxy) is 1. The molecule has 0 bridgehead atoms.